The highest BCUT2D eigenvalue weighted by Crippen LogP contribution is 2.27. The number of ether oxygens (including phenoxy) is 1. The minimum absolute atomic E-state index is 0.141. The van der Waals surface area contributed by atoms with Gasteiger partial charge in [-0.15, -0.1) is 0 Å². The monoisotopic (exact) mass is 308 g/mol. The molecule has 0 radical (unpaired) electrons. The Labute approximate surface area is 135 Å². The first-order valence-electron chi connectivity index (χ1n) is 7.53. The molecular weight excluding hydrogens is 288 g/mol. The van der Waals surface area contributed by atoms with Gasteiger partial charge in [-0.2, -0.15) is 0 Å². The van der Waals surface area contributed by atoms with Crippen LogP contribution in [0.15, 0.2) is 42.5 Å². The number of nitrogens with one attached hydrogen (secondary N) is 1. The minimum atomic E-state index is -0.141. The zero-order valence-corrected chi connectivity index (χ0v) is 13.8. The zero-order chi connectivity index (χ0) is 16.6. The fraction of sp³-hybridized carbons (Fsp3) is 0.211. The summed E-state index contributed by atoms with van der Waals surface area (Å²) in [6.45, 7) is 4.17. The molecule has 3 rings (SSSR count). The molecular formula is C19H20N2O2. The van der Waals surface area contributed by atoms with E-state index >= 15 is 0 Å². The van der Waals surface area contributed by atoms with Gasteiger partial charge in [0.2, 0.25) is 0 Å². The van der Waals surface area contributed by atoms with Gasteiger partial charge < -0.3 is 14.6 Å². The lowest BCUT2D eigenvalue weighted by atomic mass is 10.1. The quantitative estimate of drug-likeness (QED) is 0.793. The van der Waals surface area contributed by atoms with Crippen LogP contribution in [0, 0.1) is 13.8 Å². The summed E-state index contributed by atoms with van der Waals surface area (Å²) in [6, 6.07) is 13.2. The van der Waals surface area contributed by atoms with Gasteiger partial charge in [0.05, 0.1) is 12.8 Å². The van der Waals surface area contributed by atoms with Crippen molar-refractivity contribution in [1.29, 1.82) is 0 Å². The van der Waals surface area contributed by atoms with Gasteiger partial charge >= 0.3 is 0 Å². The molecule has 118 valence electrons. The van der Waals surface area contributed by atoms with Crippen LogP contribution in [0.4, 0.5) is 5.69 Å². The molecule has 3 aromatic rings. The summed E-state index contributed by atoms with van der Waals surface area (Å²) in [7, 11) is 3.63. The Morgan fingerprint density at radius 1 is 1.13 bits per heavy atom. The molecule has 0 unspecified atom stereocenters. The summed E-state index contributed by atoms with van der Waals surface area (Å²) < 4.78 is 7.42. The first-order valence-corrected chi connectivity index (χ1v) is 7.53. The smallest absolute Gasteiger partial charge is 0.255 e. The number of anilines is 1. The fourth-order valence-electron chi connectivity index (χ4n) is 2.84. The third-order valence-electron chi connectivity index (χ3n) is 4.43. The third kappa shape index (κ3) is 2.57. The van der Waals surface area contributed by atoms with Crippen LogP contribution in [0.2, 0.25) is 0 Å². The average Bonchev–Trinajstić information content (AvgIpc) is 2.79. The SMILES string of the molecule is COc1ccccc1NC(=O)c1ccc2c(c1)c(C)c(C)n2C. The number of aromatic nitrogens is 1. The molecule has 0 aliphatic rings. The van der Waals surface area contributed by atoms with Gasteiger partial charge in [0.1, 0.15) is 5.75 Å². The number of methoxy groups -OCH3 is 1. The molecule has 1 aromatic heterocycles. The van der Waals surface area contributed by atoms with Crippen LogP contribution in [0.1, 0.15) is 21.6 Å². The standard InChI is InChI=1S/C19H20N2O2/c1-12-13(2)21(3)17-10-9-14(11-15(12)17)19(22)20-16-7-5-6-8-18(16)23-4/h5-11H,1-4H3,(H,20,22). The van der Waals surface area contributed by atoms with Crippen LogP contribution in [0.3, 0.4) is 0 Å². The first kappa shape index (κ1) is 15.2. The summed E-state index contributed by atoms with van der Waals surface area (Å²) in [5.41, 5.74) is 4.85. The van der Waals surface area contributed by atoms with Crippen molar-refractivity contribution in [2.75, 3.05) is 12.4 Å². The number of fused-ring (bicyclic) bond motifs is 1. The molecule has 0 aliphatic carbocycles. The van der Waals surface area contributed by atoms with E-state index < -0.39 is 0 Å². The number of hydrogen-bond acceptors (Lipinski definition) is 2. The molecule has 23 heavy (non-hydrogen) atoms. The van der Waals surface area contributed by atoms with Crippen molar-refractivity contribution < 1.29 is 9.53 Å². The molecule has 4 nitrogen and oxygen atoms in total. The Hall–Kier alpha value is -2.75. The van der Waals surface area contributed by atoms with E-state index in [0.29, 0.717) is 17.0 Å². The summed E-state index contributed by atoms with van der Waals surface area (Å²) in [4.78, 5) is 12.6. The second-order valence-electron chi connectivity index (χ2n) is 5.66. The maximum atomic E-state index is 12.6. The zero-order valence-electron chi connectivity index (χ0n) is 13.8. The molecule has 0 saturated heterocycles. The minimum Gasteiger partial charge on any atom is -0.495 e. The molecule has 1 N–H and O–H groups in total. The van der Waals surface area contributed by atoms with E-state index in [-0.39, 0.29) is 5.91 Å². The van der Waals surface area contributed by atoms with E-state index in [1.807, 2.05) is 49.5 Å². The predicted octanol–water partition coefficient (Wildman–Crippen LogP) is 4.06. The number of carbonyl (C=O) groups is 1. The molecule has 0 aliphatic heterocycles. The van der Waals surface area contributed by atoms with Crippen LogP contribution in [-0.4, -0.2) is 17.6 Å². The highest BCUT2D eigenvalue weighted by atomic mass is 16.5. The van der Waals surface area contributed by atoms with Crippen molar-refractivity contribution in [1.82, 2.24) is 4.57 Å². The second kappa shape index (κ2) is 5.80. The molecule has 1 heterocycles. The number of rotatable bonds is 3. The highest BCUT2D eigenvalue weighted by molar-refractivity contribution is 6.07. The Morgan fingerprint density at radius 2 is 1.87 bits per heavy atom. The van der Waals surface area contributed by atoms with Gasteiger partial charge in [-0.05, 0) is 49.7 Å². The number of nitrogens with zero attached hydrogens (tertiary/aromatic N) is 1. The summed E-state index contributed by atoms with van der Waals surface area (Å²) in [5.74, 6) is 0.506. The number of benzene rings is 2. The molecule has 0 spiro atoms. The lowest BCUT2D eigenvalue weighted by molar-refractivity contribution is 0.102. The van der Waals surface area contributed by atoms with Crippen LogP contribution in [0.5, 0.6) is 5.75 Å². The predicted molar refractivity (Wildman–Crippen MR) is 93.3 cm³/mol. The van der Waals surface area contributed by atoms with Gasteiger partial charge in [-0.25, -0.2) is 0 Å². The Morgan fingerprint density at radius 3 is 2.61 bits per heavy atom. The van der Waals surface area contributed by atoms with Crippen molar-refractivity contribution in [2.24, 2.45) is 7.05 Å². The first-order chi connectivity index (χ1) is 11.0. The molecule has 0 bridgehead atoms. The molecule has 0 fully saturated rings. The van der Waals surface area contributed by atoms with Gasteiger partial charge in [0.15, 0.2) is 0 Å². The maximum Gasteiger partial charge on any atom is 0.255 e. The third-order valence-corrected chi connectivity index (χ3v) is 4.43. The largest absolute Gasteiger partial charge is 0.495 e. The molecule has 4 heteroatoms. The number of para-hydroxylation sites is 2. The van der Waals surface area contributed by atoms with E-state index in [1.165, 1.54) is 11.3 Å². The Kier molecular flexibility index (Phi) is 3.82. The van der Waals surface area contributed by atoms with E-state index in [0.717, 1.165) is 10.9 Å². The van der Waals surface area contributed by atoms with Crippen LogP contribution < -0.4 is 10.1 Å². The van der Waals surface area contributed by atoms with Crippen LogP contribution >= 0.6 is 0 Å². The number of hydrogen-bond donors (Lipinski definition) is 1. The van der Waals surface area contributed by atoms with Crippen molar-refractivity contribution >= 4 is 22.5 Å². The molecule has 1 amide bonds. The molecule has 0 atom stereocenters. The van der Waals surface area contributed by atoms with E-state index in [4.69, 9.17) is 4.74 Å². The summed E-state index contributed by atoms with van der Waals surface area (Å²) >= 11 is 0. The van der Waals surface area contributed by atoms with Crippen LogP contribution in [-0.2, 0) is 7.05 Å². The normalized spacial score (nSPS) is 10.8. The van der Waals surface area contributed by atoms with Gasteiger partial charge in [-0.1, -0.05) is 12.1 Å². The number of aryl methyl sites for hydroxylation is 2. The average molecular weight is 308 g/mol. The molecule has 2 aromatic carbocycles. The Balaban J connectivity index is 1.97. The fourth-order valence-corrected chi connectivity index (χ4v) is 2.84. The number of carbonyl (C=O) groups excluding carboxylic acids is 1. The van der Waals surface area contributed by atoms with Gasteiger partial charge in [0, 0.05) is 29.2 Å². The lowest BCUT2D eigenvalue weighted by Crippen LogP contribution is -2.12. The second-order valence-corrected chi connectivity index (χ2v) is 5.66. The highest BCUT2D eigenvalue weighted by Gasteiger charge is 2.13. The topological polar surface area (TPSA) is 43.3 Å². The number of amides is 1. The summed E-state index contributed by atoms with van der Waals surface area (Å²) in [6.07, 6.45) is 0. The summed E-state index contributed by atoms with van der Waals surface area (Å²) in [5, 5.41) is 4.02. The van der Waals surface area contributed by atoms with Gasteiger partial charge in [-0.3, -0.25) is 4.79 Å². The van der Waals surface area contributed by atoms with Crippen molar-refractivity contribution in [3.8, 4) is 5.75 Å². The van der Waals surface area contributed by atoms with Crippen molar-refractivity contribution in [2.45, 2.75) is 13.8 Å². The molecule has 0 saturated carbocycles. The van der Waals surface area contributed by atoms with Crippen molar-refractivity contribution in [3.63, 3.8) is 0 Å². The maximum absolute atomic E-state index is 12.6. The van der Waals surface area contributed by atoms with E-state index in [9.17, 15) is 4.79 Å². The van der Waals surface area contributed by atoms with E-state index in [2.05, 4.69) is 23.7 Å². The lowest BCUT2D eigenvalue weighted by Gasteiger charge is -2.10. The van der Waals surface area contributed by atoms with Crippen molar-refractivity contribution in [3.05, 3.63) is 59.3 Å². The van der Waals surface area contributed by atoms with Gasteiger partial charge in [0.25, 0.3) is 5.91 Å². The van der Waals surface area contributed by atoms with Crippen LogP contribution in [0.25, 0.3) is 10.9 Å². The Bertz CT molecular complexity index is 894. The van der Waals surface area contributed by atoms with E-state index in [1.54, 1.807) is 7.11 Å².